The van der Waals surface area contributed by atoms with E-state index in [1.165, 1.54) is 12.7 Å². The molecule has 0 bridgehead atoms. The predicted molar refractivity (Wildman–Crippen MR) is 49.7 cm³/mol. The highest BCUT2D eigenvalue weighted by molar-refractivity contribution is 5.69. The number of ether oxygens (including phenoxy) is 1. The Kier molecular flexibility index (Phi) is 7.76. The highest BCUT2D eigenvalue weighted by atomic mass is 16.5. The van der Waals surface area contributed by atoms with Crippen LogP contribution in [-0.2, 0) is 9.53 Å². The van der Waals surface area contributed by atoms with Crippen molar-refractivity contribution in [2.75, 3.05) is 0 Å². The standard InChI is InChI=1S/C10H18O2/c1-3-5-6-7-9-12-10(11)8-4-2/h7,9H,3-6,8H2,1-2H3. The summed E-state index contributed by atoms with van der Waals surface area (Å²) in [5.41, 5.74) is 0. The number of unbranched alkanes of at least 4 members (excludes halogenated alkanes) is 2. The van der Waals surface area contributed by atoms with Gasteiger partial charge in [-0.2, -0.15) is 0 Å². The highest BCUT2D eigenvalue weighted by Gasteiger charge is 1.95. The number of hydrogen-bond donors (Lipinski definition) is 0. The lowest BCUT2D eigenvalue weighted by molar-refractivity contribution is -0.138. The molecule has 70 valence electrons. The predicted octanol–water partition coefficient (Wildman–Crippen LogP) is 3.03. The van der Waals surface area contributed by atoms with Crippen LogP contribution in [0.3, 0.4) is 0 Å². The zero-order valence-electron chi connectivity index (χ0n) is 8.01. The molecule has 0 aliphatic rings. The van der Waals surface area contributed by atoms with Crippen molar-refractivity contribution in [2.24, 2.45) is 0 Å². The third-order valence-corrected chi connectivity index (χ3v) is 1.47. The monoisotopic (exact) mass is 170 g/mol. The molecule has 0 aliphatic heterocycles. The van der Waals surface area contributed by atoms with E-state index < -0.39 is 0 Å². The van der Waals surface area contributed by atoms with Gasteiger partial charge in [0.2, 0.25) is 0 Å². The molecule has 12 heavy (non-hydrogen) atoms. The van der Waals surface area contributed by atoms with Crippen molar-refractivity contribution in [3.63, 3.8) is 0 Å². The van der Waals surface area contributed by atoms with Crippen molar-refractivity contribution in [2.45, 2.75) is 46.0 Å². The molecule has 0 radical (unpaired) electrons. The molecular weight excluding hydrogens is 152 g/mol. The zero-order valence-corrected chi connectivity index (χ0v) is 8.01. The number of rotatable bonds is 6. The fraction of sp³-hybridized carbons (Fsp3) is 0.700. The summed E-state index contributed by atoms with van der Waals surface area (Å²) < 4.78 is 4.81. The summed E-state index contributed by atoms with van der Waals surface area (Å²) in [6, 6.07) is 0. The molecule has 0 heterocycles. The van der Waals surface area contributed by atoms with Crippen LogP contribution in [0, 0.1) is 0 Å². The van der Waals surface area contributed by atoms with Gasteiger partial charge in [-0.15, -0.1) is 0 Å². The lowest BCUT2D eigenvalue weighted by Crippen LogP contribution is -1.97. The Balaban J connectivity index is 3.27. The lowest BCUT2D eigenvalue weighted by atomic mass is 10.2. The number of hydrogen-bond acceptors (Lipinski definition) is 2. The summed E-state index contributed by atoms with van der Waals surface area (Å²) >= 11 is 0. The third-order valence-electron chi connectivity index (χ3n) is 1.47. The highest BCUT2D eigenvalue weighted by Crippen LogP contribution is 1.96. The molecule has 0 amide bonds. The molecule has 0 saturated heterocycles. The quantitative estimate of drug-likeness (QED) is 0.348. The minimum Gasteiger partial charge on any atom is -0.435 e. The van der Waals surface area contributed by atoms with Crippen molar-refractivity contribution in [1.29, 1.82) is 0 Å². The van der Waals surface area contributed by atoms with Gasteiger partial charge in [-0.3, -0.25) is 4.79 Å². The Bertz CT molecular complexity index is 139. The van der Waals surface area contributed by atoms with Crippen molar-refractivity contribution in [1.82, 2.24) is 0 Å². The minimum absolute atomic E-state index is 0.134. The Labute approximate surface area is 74.6 Å². The molecule has 0 saturated carbocycles. The van der Waals surface area contributed by atoms with Gasteiger partial charge in [0.15, 0.2) is 0 Å². The first-order valence-electron chi connectivity index (χ1n) is 4.65. The summed E-state index contributed by atoms with van der Waals surface area (Å²) in [7, 11) is 0. The summed E-state index contributed by atoms with van der Waals surface area (Å²) in [6.07, 6.45) is 8.09. The zero-order chi connectivity index (χ0) is 9.23. The third kappa shape index (κ3) is 7.32. The van der Waals surface area contributed by atoms with Crippen LogP contribution in [0.15, 0.2) is 12.3 Å². The van der Waals surface area contributed by atoms with Gasteiger partial charge in [0.25, 0.3) is 0 Å². The van der Waals surface area contributed by atoms with Gasteiger partial charge in [-0.1, -0.05) is 20.3 Å². The van der Waals surface area contributed by atoms with Gasteiger partial charge >= 0.3 is 5.97 Å². The van der Waals surface area contributed by atoms with Crippen LogP contribution >= 0.6 is 0 Å². The van der Waals surface area contributed by atoms with Crippen LogP contribution in [0.4, 0.5) is 0 Å². The fourth-order valence-corrected chi connectivity index (χ4v) is 0.777. The second kappa shape index (κ2) is 8.31. The van der Waals surface area contributed by atoms with E-state index in [1.54, 1.807) is 0 Å². The first kappa shape index (κ1) is 11.2. The van der Waals surface area contributed by atoms with E-state index in [2.05, 4.69) is 6.92 Å². The van der Waals surface area contributed by atoms with E-state index >= 15 is 0 Å². The van der Waals surface area contributed by atoms with E-state index in [0.717, 1.165) is 19.3 Å². The largest absolute Gasteiger partial charge is 0.435 e. The SMILES string of the molecule is CCCCC=COC(=O)CCC. The summed E-state index contributed by atoms with van der Waals surface area (Å²) in [5.74, 6) is -0.134. The normalized spacial score (nSPS) is 10.5. The van der Waals surface area contributed by atoms with E-state index in [4.69, 9.17) is 4.74 Å². The van der Waals surface area contributed by atoms with Gasteiger partial charge in [0.1, 0.15) is 0 Å². The summed E-state index contributed by atoms with van der Waals surface area (Å²) in [5, 5.41) is 0. The van der Waals surface area contributed by atoms with E-state index in [9.17, 15) is 4.79 Å². The molecule has 0 aromatic carbocycles. The maximum atomic E-state index is 10.8. The van der Waals surface area contributed by atoms with Crippen LogP contribution in [0.1, 0.15) is 46.0 Å². The molecule has 0 unspecified atom stereocenters. The Morgan fingerprint density at radius 3 is 2.67 bits per heavy atom. The Morgan fingerprint density at radius 1 is 1.33 bits per heavy atom. The smallest absolute Gasteiger partial charge is 0.310 e. The van der Waals surface area contributed by atoms with Crippen LogP contribution < -0.4 is 0 Å². The van der Waals surface area contributed by atoms with Crippen LogP contribution in [0.2, 0.25) is 0 Å². The van der Waals surface area contributed by atoms with Crippen molar-refractivity contribution >= 4 is 5.97 Å². The molecule has 0 fully saturated rings. The van der Waals surface area contributed by atoms with Crippen molar-refractivity contribution in [3.8, 4) is 0 Å². The Morgan fingerprint density at radius 2 is 2.08 bits per heavy atom. The molecule has 0 spiro atoms. The number of allylic oxidation sites excluding steroid dienone is 1. The Hall–Kier alpha value is -0.790. The molecule has 0 aliphatic carbocycles. The van der Waals surface area contributed by atoms with E-state index in [1.807, 2.05) is 13.0 Å². The van der Waals surface area contributed by atoms with Gasteiger partial charge in [0.05, 0.1) is 6.26 Å². The molecule has 2 heteroatoms. The maximum Gasteiger partial charge on any atom is 0.310 e. The molecule has 0 rings (SSSR count). The van der Waals surface area contributed by atoms with Gasteiger partial charge in [-0.05, 0) is 25.3 Å². The van der Waals surface area contributed by atoms with E-state index in [0.29, 0.717) is 6.42 Å². The molecule has 2 nitrogen and oxygen atoms in total. The molecular formula is C10H18O2. The number of carbonyl (C=O) groups excluding carboxylic acids is 1. The first-order chi connectivity index (χ1) is 5.81. The van der Waals surface area contributed by atoms with Crippen LogP contribution in [-0.4, -0.2) is 5.97 Å². The molecule has 0 aromatic rings. The average molecular weight is 170 g/mol. The maximum absolute atomic E-state index is 10.8. The first-order valence-corrected chi connectivity index (χ1v) is 4.65. The lowest BCUT2D eigenvalue weighted by Gasteiger charge is -1.95. The molecule has 0 aromatic heterocycles. The van der Waals surface area contributed by atoms with Crippen molar-refractivity contribution in [3.05, 3.63) is 12.3 Å². The van der Waals surface area contributed by atoms with Gasteiger partial charge in [-0.25, -0.2) is 0 Å². The van der Waals surface area contributed by atoms with Gasteiger partial charge < -0.3 is 4.74 Å². The minimum atomic E-state index is -0.134. The topological polar surface area (TPSA) is 26.3 Å². The summed E-state index contributed by atoms with van der Waals surface area (Å²) in [4.78, 5) is 10.8. The van der Waals surface area contributed by atoms with E-state index in [-0.39, 0.29) is 5.97 Å². The molecule has 0 N–H and O–H groups in total. The summed E-state index contributed by atoms with van der Waals surface area (Å²) in [6.45, 7) is 4.10. The van der Waals surface area contributed by atoms with Gasteiger partial charge in [0, 0.05) is 6.42 Å². The molecule has 0 atom stereocenters. The van der Waals surface area contributed by atoms with Crippen LogP contribution in [0.25, 0.3) is 0 Å². The fourth-order valence-electron chi connectivity index (χ4n) is 0.777. The average Bonchev–Trinajstić information content (AvgIpc) is 2.05. The number of carbonyl (C=O) groups is 1. The number of esters is 1. The second-order valence-corrected chi connectivity index (χ2v) is 2.75. The second-order valence-electron chi connectivity index (χ2n) is 2.75. The van der Waals surface area contributed by atoms with Crippen LogP contribution in [0.5, 0.6) is 0 Å². The van der Waals surface area contributed by atoms with Crippen molar-refractivity contribution < 1.29 is 9.53 Å².